The lowest BCUT2D eigenvalue weighted by atomic mass is 10.00. The van der Waals surface area contributed by atoms with Crippen LogP contribution in [0.15, 0.2) is 48.5 Å². The lowest BCUT2D eigenvalue weighted by Gasteiger charge is -2.38. The third-order valence-electron chi connectivity index (χ3n) is 4.87. The molecule has 0 bridgehead atoms. The summed E-state index contributed by atoms with van der Waals surface area (Å²) in [6.45, 7) is 7.39. The van der Waals surface area contributed by atoms with Gasteiger partial charge in [-0.1, -0.05) is 47.5 Å². The SMILES string of the molecule is Cc1cc(C)cc(C[C@@H](C(=O)O)N2CCN(c3ccccc3)CC2)c1. The van der Waals surface area contributed by atoms with Gasteiger partial charge in [0.1, 0.15) is 6.04 Å². The highest BCUT2D eigenvalue weighted by molar-refractivity contribution is 5.74. The highest BCUT2D eigenvalue weighted by Crippen LogP contribution is 2.19. The van der Waals surface area contributed by atoms with Gasteiger partial charge in [0.05, 0.1) is 0 Å². The fourth-order valence-electron chi connectivity index (χ4n) is 3.71. The molecule has 0 saturated carbocycles. The number of carboxylic acid groups (broad SMARTS) is 1. The number of nitrogens with zero attached hydrogens (tertiary/aromatic N) is 2. The van der Waals surface area contributed by atoms with Gasteiger partial charge in [-0.2, -0.15) is 0 Å². The Bertz CT molecular complexity index is 702. The van der Waals surface area contributed by atoms with Crippen molar-refractivity contribution in [3.05, 3.63) is 65.2 Å². The van der Waals surface area contributed by atoms with Gasteiger partial charge in [0, 0.05) is 31.9 Å². The van der Waals surface area contributed by atoms with Crippen molar-refractivity contribution < 1.29 is 9.90 Å². The Balaban J connectivity index is 1.67. The molecular weight excluding hydrogens is 312 g/mol. The molecule has 4 nitrogen and oxygen atoms in total. The minimum atomic E-state index is -0.729. The summed E-state index contributed by atoms with van der Waals surface area (Å²) in [7, 11) is 0. The van der Waals surface area contributed by atoms with Crippen molar-refractivity contribution in [3.63, 3.8) is 0 Å². The van der Waals surface area contributed by atoms with Gasteiger partial charge in [-0.15, -0.1) is 0 Å². The zero-order chi connectivity index (χ0) is 17.8. The fraction of sp³-hybridized carbons (Fsp3) is 0.381. The Hall–Kier alpha value is -2.33. The largest absolute Gasteiger partial charge is 0.480 e. The monoisotopic (exact) mass is 338 g/mol. The second-order valence-electron chi connectivity index (χ2n) is 6.91. The Morgan fingerprint density at radius 2 is 1.60 bits per heavy atom. The second kappa shape index (κ2) is 7.70. The van der Waals surface area contributed by atoms with Gasteiger partial charge < -0.3 is 10.0 Å². The van der Waals surface area contributed by atoms with E-state index in [0.29, 0.717) is 6.42 Å². The van der Waals surface area contributed by atoms with Crippen LogP contribution in [0.5, 0.6) is 0 Å². The van der Waals surface area contributed by atoms with Crippen LogP contribution in [-0.2, 0) is 11.2 Å². The van der Waals surface area contributed by atoms with E-state index in [-0.39, 0.29) is 0 Å². The summed E-state index contributed by atoms with van der Waals surface area (Å²) in [5.41, 5.74) is 4.69. The molecule has 25 heavy (non-hydrogen) atoms. The molecular formula is C21H26N2O2. The second-order valence-corrected chi connectivity index (χ2v) is 6.91. The smallest absolute Gasteiger partial charge is 0.321 e. The molecule has 3 rings (SSSR count). The van der Waals surface area contributed by atoms with Crippen molar-refractivity contribution in [1.29, 1.82) is 0 Å². The van der Waals surface area contributed by atoms with Crippen LogP contribution < -0.4 is 4.90 Å². The number of hydrogen-bond donors (Lipinski definition) is 1. The first-order chi connectivity index (χ1) is 12.0. The average Bonchev–Trinajstić information content (AvgIpc) is 2.60. The molecule has 0 radical (unpaired) electrons. The molecule has 0 unspecified atom stereocenters. The maximum absolute atomic E-state index is 11.9. The maximum atomic E-state index is 11.9. The molecule has 1 fully saturated rings. The van der Waals surface area contributed by atoms with Crippen molar-refractivity contribution in [1.82, 2.24) is 4.90 Å². The minimum Gasteiger partial charge on any atom is -0.480 e. The summed E-state index contributed by atoms with van der Waals surface area (Å²) in [5.74, 6) is -0.729. The standard InChI is InChI=1S/C21H26N2O2/c1-16-12-17(2)14-18(13-16)15-20(21(24)25)23-10-8-22(9-11-23)19-6-4-3-5-7-19/h3-7,12-14,20H,8-11,15H2,1-2H3,(H,24,25)/t20-/m0/s1. The first kappa shape index (κ1) is 17.5. The highest BCUT2D eigenvalue weighted by Gasteiger charge is 2.29. The van der Waals surface area contributed by atoms with Gasteiger partial charge >= 0.3 is 5.97 Å². The summed E-state index contributed by atoms with van der Waals surface area (Å²) in [5, 5.41) is 9.75. The molecule has 1 N–H and O–H groups in total. The summed E-state index contributed by atoms with van der Waals surface area (Å²) < 4.78 is 0. The lowest BCUT2D eigenvalue weighted by Crippen LogP contribution is -2.53. The molecule has 1 aliphatic heterocycles. The Kier molecular flexibility index (Phi) is 5.39. The van der Waals surface area contributed by atoms with Crippen LogP contribution in [0.4, 0.5) is 5.69 Å². The number of anilines is 1. The van der Waals surface area contributed by atoms with Gasteiger partial charge in [-0.3, -0.25) is 9.69 Å². The number of hydrogen-bond acceptors (Lipinski definition) is 3. The molecule has 0 aromatic heterocycles. The van der Waals surface area contributed by atoms with E-state index >= 15 is 0 Å². The Morgan fingerprint density at radius 3 is 2.16 bits per heavy atom. The molecule has 4 heteroatoms. The van der Waals surface area contributed by atoms with Crippen LogP contribution >= 0.6 is 0 Å². The molecule has 1 heterocycles. The van der Waals surface area contributed by atoms with Crippen LogP contribution in [0.3, 0.4) is 0 Å². The average molecular weight is 338 g/mol. The molecule has 1 atom stereocenters. The number of aliphatic carboxylic acids is 1. The van der Waals surface area contributed by atoms with E-state index in [1.165, 1.54) is 16.8 Å². The topological polar surface area (TPSA) is 43.8 Å². The van der Waals surface area contributed by atoms with Gasteiger partial charge in [-0.05, 0) is 38.0 Å². The highest BCUT2D eigenvalue weighted by atomic mass is 16.4. The van der Waals surface area contributed by atoms with Crippen molar-refractivity contribution in [2.45, 2.75) is 26.3 Å². The summed E-state index contributed by atoms with van der Waals surface area (Å²) >= 11 is 0. The normalized spacial score (nSPS) is 16.6. The van der Waals surface area contributed by atoms with Crippen molar-refractivity contribution in [3.8, 4) is 0 Å². The minimum absolute atomic E-state index is 0.459. The van der Waals surface area contributed by atoms with Crippen LogP contribution in [0, 0.1) is 13.8 Å². The van der Waals surface area contributed by atoms with E-state index < -0.39 is 12.0 Å². The number of carbonyl (C=O) groups is 1. The molecule has 1 saturated heterocycles. The number of carboxylic acids is 1. The lowest BCUT2D eigenvalue weighted by molar-refractivity contribution is -0.143. The van der Waals surface area contributed by atoms with Crippen molar-refractivity contribution in [2.24, 2.45) is 0 Å². The van der Waals surface area contributed by atoms with E-state index in [9.17, 15) is 9.90 Å². The Labute approximate surface area is 149 Å². The van der Waals surface area contributed by atoms with Crippen molar-refractivity contribution >= 4 is 11.7 Å². The molecule has 2 aromatic rings. The molecule has 132 valence electrons. The van der Waals surface area contributed by atoms with Crippen LogP contribution in [-0.4, -0.2) is 48.2 Å². The molecule has 2 aromatic carbocycles. The van der Waals surface area contributed by atoms with E-state index in [4.69, 9.17) is 0 Å². The van der Waals surface area contributed by atoms with E-state index in [1.54, 1.807) is 0 Å². The van der Waals surface area contributed by atoms with Gasteiger partial charge in [0.25, 0.3) is 0 Å². The van der Waals surface area contributed by atoms with Crippen LogP contribution in [0.25, 0.3) is 0 Å². The zero-order valence-electron chi connectivity index (χ0n) is 15.0. The first-order valence-electron chi connectivity index (χ1n) is 8.87. The summed E-state index contributed by atoms with van der Waals surface area (Å²) in [4.78, 5) is 16.3. The van der Waals surface area contributed by atoms with Crippen LogP contribution in [0.1, 0.15) is 16.7 Å². The van der Waals surface area contributed by atoms with Gasteiger partial charge in [0.2, 0.25) is 0 Å². The summed E-state index contributed by atoms with van der Waals surface area (Å²) in [6, 6.07) is 16.2. The molecule has 0 amide bonds. The fourth-order valence-corrected chi connectivity index (χ4v) is 3.71. The number of aryl methyl sites for hydroxylation is 2. The predicted octanol–water partition coefficient (Wildman–Crippen LogP) is 3.12. The van der Waals surface area contributed by atoms with Crippen LogP contribution in [0.2, 0.25) is 0 Å². The number of rotatable bonds is 5. The van der Waals surface area contributed by atoms with E-state index in [0.717, 1.165) is 31.7 Å². The molecule has 0 aliphatic carbocycles. The number of piperazine rings is 1. The third-order valence-corrected chi connectivity index (χ3v) is 4.87. The quantitative estimate of drug-likeness (QED) is 0.910. The zero-order valence-corrected chi connectivity index (χ0v) is 15.0. The molecule has 0 spiro atoms. The Morgan fingerprint density at radius 1 is 1.00 bits per heavy atom. The van der Waals surface area contributed by atoms with Gasteiger partial charge in [-0.25, -0.2) is 0 Å². The van der Waals surface area contributed by atoms with Crippen molar-refractivity contribution in [2.75, 3.05) is 31.1 Å². The first-order valence-corrected chi connectivity index (χ1v) is 8.87. The maximum Gasteiger partial charge on any atom is 0.321 e. The summed E-state index contributed by atoms with van der Waals surface area (Å²) in [6.07, 6.45) is 0.559. The predicted molar refractivity (Wildman–Crippen MR) is 101 cm³/mol. The molecule has 1 aliphatic rings. The third kappa shape index (κ3) is 4.40. The van der Waals surface area contributed by atoms with E-state index in [2.05, 4.69) is 54.0 Å². The number of benzene rings is 2. The van der Waals surface area contributed by atoms with E-state index in [1.807, 2.05) is 18.2 Å². The number of para-hydroxylation sites is 1. The van der Waals surface area contributed by atoms with Gasteiger partial charge in [0.15, 0.2) is 0 Å².